The van der Waals surface area contributed by atoms with Crippen molar-refractivity contribution in [1.82, 2.24) is 0 Å². The van der Waals surface area contributed by atoms with Gasteiger partial charge in [0.2, 0.25) is 0 Å². The van der Waals surface area contributed by atoms with Gasteiger partial charge < -0.3 is 40.1 Å². The number of fused-ring (bicyclic) bond motifs is 7. The molecule has 4 atom stereocenters. The first kappa shape index (κ1) is 23.7. The van der Waals surface area contributed by atoms with Crippen molar-refractivity contribution in [3.63, 3.8) is 0 Å². The fourth-order valence-corrected chi connectivity index (χ4v) is 6.56. The van der Waals surface area contributed by atoms with Gasteiger partial charge >= 0.3 is 0 Å². The predicted octanol–water partition coefficient (Wildman–Crippen LogP) is 5.10. The van der Waals surface area contributed by atoms with Crippen molar-refractivity contribution in [3.05, 3.63) is 94.0 Å². The number of rotatable bonds is 4. The molecule has 0 heterocycles. The summed E-state index contributed by atoms with van der Waals surface area (Å²) in [6, 6.07) is 15.8. The molecule has 0 spiro atoms. The second kappa shape index (κ2) is 8.41. The summed E-state index contributed by atoms with van der Waals surface area (Å²) in [5.74, 6) is -1.72. The number of hydrogen-bond acceptors (Lipinski definition) is 8. The minimum atomic E-state index is -0.524. The summed E-state index contributed by atoms with van der Waals surface area (Å²) in [7, 11) is 2.91. The van der Waals surface area contributed by atoms with Gasteiger partial charge in [-0.05, 0) is 58.7 Å². The smallest absolute Gasteiger partial charge is 0.160 e. The van der Waals surface area contributed by atoms with Crippen LogP contribution in [-0.2, 0) is 0 Å². The number of methoxy groups -OCH3 is 2. The molecule has 4 aromatic carbocycles. The Balaban J connectivity index is 1.72. The van der Waals surface area contributed by atoms with E-state index in [4.69, 9.17) is 9.47 Å². The van der Waals surface area contributed by atoms with Gasteiger partial charge in [0.25, 0.3) is 0 Å². The molecule has 8 heteroatoms. The maximum atomic E-state index is 11.2. The van der Waals surface area contributed by atoms with Gasteiger partial charge in [-0.3, -0.25) is 0 Å². The molecular weight excluding hydrogens is 488 g/mol. The summed E-state index contributed by atoms with van der Waals surface area (Å²) >= 11 is 0. The fourth-order valence-electron chi connectivity index (χ4n) is 6.56. The summed E-state index contributed by atoms with van der Waals surface area (Å²) in [6.45, 7) is 0. The highest BCUT2D eigenvalue weighted by Gasteiger charge is 2.54. The molecule has 0 saturated carbocycles. The van der Waals surface area contributed by atoms with E-state index in [0.29, 0.717) is 22.3 Å². The van der Waals surface area contributed by atoms with Crippen LogP contribution in [0.15, 0.2) is 60.7 Å². The van der Waals surface area contributed by atoms with E-state index in [0.717, 1.165) is 11.1 Å². The highest BCUT2D eigenvalue weighted by atomic mass is 16.5. The molecule has 194 valence electrons. The van der Waals surface area contributed by atoms with Crippen molar-refractivity contribution in [2.45, 2.75) is 23.7 Å². The van der Waals surface area contributed by atoms with Gasteiger partial charge in [-0.15, -0.1) is 0 Å². The number of hydrogen-bond donors (Lipinski definition) is 6. The highest BCUT2D eigenvalue weighted by Crippen LogP contribution is 2.69. The SMILES string of the molecule is COc1cc(C2[C@@H]3c4cc(O)cc(O)c4[C@H](c4ccc(O)c(OC)c4)[C@H]2c2cc(O)cc(O)c23)ccc1O. The van der Waals surface area contributed by atoms with Crippen molar-refractivity contribution in [1.29, 1.82) is 0 Å². The summed E-state index contributed by atoms with van der Waals surface area (Å²) < 4.78 is 10.8. The van der Waals surface area contributed by atoms with Gasteiger partial charge in [0.05, 0.1) is 14.2 Å². The molecule has 6 rings (SSSR count). The normalized spacial score (nSPS) is 21.0. The maximum absolute atomic E-state index is 11.2. The highest BCUT2D eigenvalue weighted by molar-refractivity contribution is 5.69. The van der Waals surface area contributed by atoms with Gasteiger partial charge in [0.1, 0.15) is 23.0 Å². The molecule has 0 radical (unpaired) electrons. The molecule has 0 fully saturated rings. The van der Waals surface area contributed by atoms with Gasteiger partial charge in [-0.2, -0.15) is 0 Å². The average Bonchev–Trinajstić information content (AvgIpc) is 3.15. The van der Waals surface area contributed by atoms with Crippen molar-refractivity contribution >= 4 is 0 Å². The van der Waals surface area contributed by atoms with Crippen molar-refractivity contribution in [2.24, 2.45) is 0 Å². The van der Waals surface area contributed by atoms with Crippen LogP contribution in [0.4, 0.5) is 0 Å². The van der Waals surface area contributed by atoms with Crippen LogP contribution in [0, 0.1) is 0 Å². The van der Waals surface area contributed by atoms with Gasteiger partial charge in [-0.25, -0.2) is 0 Å². The Bertz CT molecular complexity index is 1590. The minimum absolute atomic E-state index is 0.0204. The predicted molar refractivity (Wildman–Crippen MR) is 138 cm³/mol. The lowest BCUT2D eigenvalue weighted by Gasteiger charge is -2.40. The molecule has 1 unspecified atom stereocenters. The van der Waals surface area contributed by atoms with Crippen LogP contribution in [0.1, 0.15) is 57.1 Å². The van der Waals surface area contributed by atoms with Crippen molar-refractivity contribution < 1.29 is 40.1 Å². The van der Waals surface area contributed by atoms with Gasteiger partial charge in [0, 0.05) is 46.9 Å². The Morgan fingerprint density at radius 1 is 0.500 bits per heavy atom. The monoisotopic (exact) mass is 514 g/mol. The topological polar surface area (TPSA) is 140 Å². The molecule has 0 amide bonds. The lowest BCUT2D eigenvalue weighted by molar-refractivity contribution is 0.368. The molecule has 2 aliphatic rings. The largest absolute Gasteiger partial charge is 0.508 e. The molecule has 4 aromatic rings. The average molecular weight is 515 g/mol. The molecule has 38 heavy (non-hydrogen) atoms. The Hall–Kier alpha value is -4.72. The van der Waals surface area contributed by atoms with E-state index in [1.807, 2.05) is 0 Å². The van der Waals surface area contributed by atoms with E-state index in [1.54, 1.807) is 42.5 Å². The maximum Gasteiger partial charge on any atom is 0.160 e. The van der Waals surface area contributed by atoms with Crippen LogP contribution in [0.25, 0.3) is 0 Å². The lowest BCUT2D eigenvalue weighted by atomic mass is 9.63. The van der Waals surface area contributed by atoms with Crippen molar-refractivity contribution in [3.8, 4) is 46.0 Å². The fraction of sp³-hybridized carbons (Fsp3) is 0.200. The summed E-state index contributed by atoms with van der Waals surface area (Å²) in [5, 5.41) is 63.9. The van der Waals surface area contributed by atoms with Crippen LogP contribution in [0.3, 0.4) is 0 Å². The van der Waals surface area contributed by atoms with Crippen LogP contribution < -0.4 is 9.47 Å². The lowest BCUT2D eigenvalue weighted by Crippen LogP contribution is -2.26. The Morgan fingerprint density at radius 2 is 1.00 bits per heavy atom. The molecule has 0 aliphatic heterocycles. The quantitative estimate of drug-likeness (QED) is 0.221. The first-order valence-corrected chi connectivity index (χ1v) is 12.1. The van der Waals surface area contributed by atoms with E-state index in [-0.39, 0.29) is 51.9 Å². The number of aromatic hydroxyl groups is 6. The Labute approximate surface area is 218 Å². The number of ether oxygens (including phenoxy) is 2. The zero-order valence-electron chi connectivity index (χ0n) is 20.6. The van der Waals surface area contributed by atoms with E-state index in [1.165, 1.54) is 32.4 Å². The molecule has 0 saturated heterocycles. The first-order valence-electron chi connectivity index (χ1n) is 12.1. The number of phenols is 6. The molecule has 2 aliphatic carbocycles. The van der Waals surface area contributed by atoms with Crippen LogP contribution in [0.5, 0.6) is 46.0 Å². The zero-order chi connectivity index (χ0) is 26.9. The molecule has 0 aromatic heterocycles. The van der Waals surface area contributed by atoms with Gasteiger partial charge in [0.15, 0.2) is 23.0 Å². The van der Waals surface area contributed by atoms with Crippen LogP contribution >= 0.6 is 0 Å². The Kier molecular flexibility index (Phi) is 5.24. The molecular formula is C30H26O8. The second-order valence-electron chi connectivity index (χ2n) is 9.81. The third kappa shape index (κ3) is 3.30. The third-order valence-electron chi connectivity index (χ3n) is 7.92. The first-order chi connectivity index (χ1) is 18.2. The van der Waals surface area contributed by atoms with E-state index < -0.39 is 17.8 Å². The summed E-state index contributed by atoms with van der Waals surface area (Å²) in [5.41, 5.74) is 3.99. The molecule has 8 nitrogen and oxygen atoms in total. The molecule has 2 bridgehead atoms. The summed E-state index contributed by atoms with van der Waals surface area (Å²) in [6.07, 6.45) is 0. The van der Waals surface area contributed by atoms with E-state index >= 15 is 0 Å². The van der Waals surface area contributed by atoms with Gasteiger partial charge in [-0.1, -0.05) is 12.1 Å². The zero-order valence-corrected chi connectivity index (χ0v) is 20.6. The van der Waals surface area contributed by atoms with Crippen LogP contribution in [-0.4, -0.2) is 44.9 Å². The second-order valence-corrected chi connectivity index (χ2v) is 9.81. The van der Waals surface area contributed by atoms with E-state index in [2.05, 4.69) is 0 Å². The third-order valence-corrected chi connectivity index (χ3v) is 7.92. The summed E-state index contributed by atoms with van der Waals surface area (Å²) in [4.78, 5) is 0. The van der Waals surface area contributed by atoms with E-state index in [9.17, 15) is 30.6 Å². The minimum Gasteiger partial charge on any atom is -0.508 e. The standard InChI is InChI=1S/C30H26O8/c1-37-23-7-13(3-5-19(23)33)25-27-17(9-15(31)11-21(27)35)30-26(14-4-6-20(34)24(8-14)38-2)29(25)18-10-16(32)12-22(36)28(18)30/h3-12,25-26,29-36H,1-2H3/t25-,26?,29+,30-/m0/s1. The van der Waals surface area contributed by atoms with Crippen LogP contribution in [0.2, 0.25) is 0 Å². The molecule has 6 N–H and O–H groups in total. The number of phenolic OH excluding ortho intramolecular Hbond substituents is 6. The Morgan fingerprint density at radius 3 is 1.58 bits per heavy atom. The van der Waals surface area contributed by atoms with Crippen molar-refractivity contribution in [2.75, 3.05) is 14.2 Å². The number of benzene rings is 4.